The molecule has 1 fully saturated rings. The molecule has 0 bridgehead atoms. The average Bonchev–Trinajstić information content (AvgIpc) is 2.70. The zero-order chi connectivity index (χ0) is 18.6. The summed E-state index contributed by atoms with van der Waals surface area (Å²) >= 11 is 0. The SMILES string of the molecule is CCNC(=NCCOCCOC)N1CCN(c2ccc(OC)cc2)CC1. The maximum Gasteiger partial charge on any atom is 0.194 e. The van der Waals surface area contributed by atoms with E-state index in [0.29, 0.717) is 26.4 Å². The van der Waals surface area contributed by atoms with Crippen LogP contribution in [0.1, 0.15) is 6.92 Å². The molecule has 1 aromatic rings. The van der Waals surface area contributed by atoms with E-state index in [2.05, 4.69) is 39.2 Å². The predicted molar refractivity (Wildman–Crippen MR) is 105 cm³/mol. The molecule has 0 atom stereocenters. The number of hydrogen-bond acceptors (Lipinski definition) is 5. The Balaban J connectivity index is 1.82. The molecule has 1 saturated heterocycles. The average molecular weight is 364 g/mol. The van der Waals surface area contributed by atoms with E-state index in [0.717, 1.165) is 44.4 Å². The first-order valence-corrected chi connectivity index (χ1v) is 9.27. The summed E-state index contributed by atoms with van der Waals surface area (Å²) in [4.78, 5) is 9.40. The highest BCUT2D eigenvalue weighted by molar-refractivity contribution is 5.80. The van der Waals surface area contributed by atoms with Crippen molar-refractivity contribution in [3.63, 3.8) is 0 Å². The van der Waals surface area contributed by atoms with E-state index in [1.165, 1.54) is 5.69 Å². The smallest absolute Gasteiger partial charge is 0.194 e. The van der Waals surface area contributed by atoms with Gasteiger partial charge in [-0.15, -0.1) is 0 Å². The number of hydrogen-bond donors (Lipinski definition) is 1. The summed E-state index contributed by atoms with van der Waals surface area (Å²) in [5.74, 6) is 1.86. The van der Waals surface area contributed by atoms with Crippen LogP contribution in [0.4, 0.5) is 5.69 Å². The van der Waals surface area contributed by atoms with Crippen molar-refractivity contribution in [3.05, 3.63) is 24.3 Å². The van der Waals surface area contributed by atoms with Gasteiger partial charge in [0.25, 0.3) is 0 Å². The van der Waals surface area contributed by atoms with Crippen LogP contribution in [0.25, 0.3) is 0 Å². The topological polar surface area (TPSA) is 58.6 Å². The second-order valence-electron chi connectivity index (χ2n) is 6.01. The molecule has 1 aromatic carbocycles. The molecular formula is C19H32N4O3. The predicted octanol–water partition coefficient (Wildman–Crippen LogP) is 1.45. The van der Waals surface area contributed by atoms with Crippen molar-refractivity contribution in [2.75, 3.05) is 78.2 Å². The van der Waals surface area contributed by atoms with Gasteiger partial charge in [-0.2, -0.15) is 0 Å². The Hall–Kier alpha value is -1.99. The third-order valence-electron chi connectivity index (χ3n) is 4.28. The molecule has 7 nitrogen and oxygen atoms in total. The summed E-state index contributed by atoms with van der Waals surface area (Å²) in [6.07, 6.45) is 0. The maximum atomic E-state index is 5.49. The van der Waals surface area contributed by atoms with Gasteiger partial charge < -0.3 is 29.3 Å². The summed E-state index contributed by atoms with van der Waals surface area (Å²) in [5.41, 5.74) is 1.24. The molecule has 26 heavy (non-hydrogen) atoms. The molecular weight excluding hydrogens is 332 g/mol. The highest BCUT2D eigenvalue weighted by Crippen LogP contribution is 2.20. The minimum absolute atomic E-state index is 0.614. The molecule has 0 saturated carbocycles. The maximum absolute atomic E-state index is 5.49. The fraction of sp³-hybridized carbons (Fsp3) is 0.632. The Morgan fingerprint density at radius 3 is 2.38 bits per heavy atom. The van der Waals surface area contributed by atoms with Crippen molar-refractivity contribution in [3.8, 4) is 5.75 Å². The number of rotatable bonds is 9. The van der Waals surface area contributed by atoms with Crippen LogP contribution in [-0.4, -0.2) is 84.2 Å². The molecule has 0 radical (unpaired) electrons. The van der Waals surface area contributed by atoms with Crippen LogP contribution in [0.5, 0.6) is 5.75 Å². The lowest BCUT2D eigenvalue weighted by Gasteiger charge is -2.37. The van der Waals surface area contributed by atoms with Crippen molar-refractivity contribution in [1.82, 2.24) is 10.2 Å². The third kappa shape index (κ3) is 6.38. The Bertz CT molecular complexity index is 528. The highest BCUT2D eigenvalue weighted by Gasteiger charge is 2.19. The van der Waals surface area contributed by atoms with Gasteiger partial charge >= 0.3 is 0 Å². The molecule has 7 heteroatoms. The Morgan fingerprint density at radius 2 is 1.77 bits per heavy atom. The van der Waals surface area contributed by atoms with Crippen molar-refractivity contribution in [2.24, 2.45) is 4.99 Å². The van der Waals surface area contributed by atoms with Crippen molar-refractivity contribution < 1.29 is 14.2 Å². The lowest BCUT2D eigenvalue weighted by atomic mass is 10.2. The van der Waals surface area contributed by atoms with E-state index in [9.17, 15) is 0 Å². The zero-order valence-electron chi connectivity index (χ0n) is 16.2. The molecule has 0 aliphatic carbocycles. The van der Waals surface area contributed by atoms with Crippen LogP contribution in [-0.2, 0) is 9.47 Å². The number of ether oxygens (including phenoxy) is 3. The molecule has 1 aliphatic heterocycles. The standard InChI is InChI=1S/C19H32N4O3/c1-4-20-19(21-9-14-26-16-15-24-2)23-12-10-22(11-13-23)17-5-7-18(25-3)8-6-17/h5-8H,4,9-16H2,1-3H3,(H,20,21). The summed E-state index contributed by atoms with van der Waals surface area (Å²) in [6.45, 7) is 9.31. The van der Waals surface area contributed by atoms with Gasteiger partial charge in [-0.1, -0.05) is 0 Å². The van der Waals surface area contributed by atoms with Gasteiger partial charge in [-0.3, -0.25) is 4.99 Å². The molecule has 146 valence electrons. The number of methoxy groups -OCH3 is 2. The van der Waals surface area contributed by atoms with Crippen LogP contribution in [0.3, 0.4) is 0 Å². The molecule has 0 spiro atoms. The number of guanidine groups is 1. The summed E-state index contributed by atoms with van der Waals surface area (Å²) in [5, 5.41) is 3.38. The van der Waals surface area contributed by atoms with Crippen LogP contribution >= 0.6 is 0 Å². The normalized spacial score (nSPS) is 15.3. The van der Waals surface area contributed by atoms with E-state index >= 15 is 0 Å². The second kappa shape index (κ2) is 11.6. The summed E-state index contributed by atoms with van der Waals surface area (Å²) in [6, 6.07) is 8.25. The van der Waals surface area contributed by atoms with E-state index in [1.807, 2.05) is 12.1 Å². The lowest BCUT2D eigenvalue weighted by Crippen LogP contribution is -2.52. The first-order valence-electron chi connectivity index (χ1n) is 9.27. The van der Waals surface area contributed by atoms with Gasteiger partial charge in [0.1, 0.15) is 5.75 Å². The summed E-state index contributed by atoms with van der Waals surface area (Å²) < 4.78 is 15.7. The van der Waals surface area contributed by atoms with E-state index in [4.69, 9.17) is 14.2 Å². The first kappa shape index (κ1) is 20.3. The van der Waals surface area contributed by atoms with E-state index < -0.39 is 0 Å². The number of anilines is 1. The van der Waals surface area contributed by atoms with Crippen LogP contribution in [0.15, 0.2) is 29.3 Å². The van der Waals surface area contributed by atoms with Gasteiger partial charge in [0.05, 0.1) is 33.5 Å². The Labute approximate surface area is 156 Å². The van der Waals surface area contributed by atoms with Gasteiger partial charge in [0.15, 0.2) is 5.96 Å². The van der Waals surface area contributed by atoms with Crippen LogP contribution in [0, 0.1) is 0 Å². The molecule has 0 unspecified atom stereocenters. The zero-order valence-corrected chi connectivity index (χ0v) is 16.2. The molecule has 0 aromatic heterocycles. The molecule has 1 N–H and O–H groups in total. The Kier molecular flexibility index (Phi) is 9.06. The van der Waals surface area contributed by atoms with Gasteiger partial charge in [0, 0.05) is 45.5 Å². The quantitative estimate of drug-likeness (QED) is 0.407. The van der Waals surface area contributed by atoms with E-state index in [-0.39, 0.29) is 0 Å². The number of nitrogens with zero attached hydrogens (tertiary/aromatic N) is 3. The molecule has 1 aliphatic rings. The fourth-order valence-corrected chi connectivity index (χ4v) is 2.86. The number of nitrogens with one attached hydrogen (secondary N) is 1. The first-order chi connectivity index (χ1) is 12.8. The van der Waals surface area contributed by atoms with Crippen LogP contribution < -0.4 is 15.0 Å². The second-order valence-corrected chi connectivity index (χ2v) is 6.01. The Morgan fingerprint density at radius 1 is 1.04 bits per heavy atom. The number of aliphatic imine (C=N–C) groups is 1. The van der Waals surface area contributed by atoms with Crippen molar-refractivity contribution in [2.45, 2.75) is 6.92 Å². The number of piperazine rings is 1. The van der Waals surface area contributed by atoms with Crippen molar-refractivity contribution in [1.29, 1.82) is 0 Å². The van der Waals surface area contributed by atoms with Gasteiger partial charge in [-0.25, -0.2) is 0 Å². The minimum atomic E-state index is 0.614. The van der Waals surface area contributed by atoms with Crippen LogP contribution in [0.2, 0.25) is 0 Å². The molecule has 1 heterocycles. The van der Waals surface area contributed by atoms with Gasteiger partial charge in [0.2, 0.25) is 0 Å². The fourth-order valence-electron chi connectivity index (χ4n) is 2.86. The third-order valence-corrected chi connectivity index (χ3v) is 4.28. The molecule has 2 rings (SSSR count). The minimum Gasteiger partial charge on any atom is -0.497 e. The number of benzene rings is 1. The van der Waals surface area contributed by atoms with Crippen molar-refractivity contribution >= 4 is 11.6 Å². The molecule has 0 amide bonds. The highest BCUT2D eigenvalue weighted by atomic mass is 16.5. The largest absolute Gasteiger partial charge is 0.497 e. The lowest BCUT2D eigenvalue weighted by molar-refractivity contribution is 0.0747. The van der Waals surface area contributed by atoms with E-state index in [1.54, 1.807) is 14.2 Å². The summed E-state index contributed by atoms with van der Waals surface area (Å²) in [7, 11) is 3.37. The monoisotopic (exact) mass is 364 g/mol. The van der Waals surface area contributed by atoms with Gasteiger partial charge in [-0.05, 0) is 31.2 Å².